The molecule has 0 bridgehead atoms. The second kappa shape index (κ2) is 5.30. The summed E-state index contributed by atoms with van der Waals surface area (Å²) in [6, 6.07) is 1.12. The normalized spacial score (nSPS) is 11.2. The van der Waals surface area contributed by atoms with E-state index in [4.69, 9.17) is 16.7 Å². The number of rotatable bonds is 4. The summed E-state index contributed by atoms with van der Waals surface area (Å²) in [6.45, 7) is 0. The summed E-state index contributed by atoms with van der Waals surface area (Å²) in [4.78, 5) is 14.3. The van der Waals surface area contributed by atoms with Crippen LogP contribution in [0.5, 0.6) is 11.6 Å². The lowest BCUT2D eigenvalue weighted by molar-refractivity contribution is -0.276. The summed E-state index contributed by atoms with van der Waals surface area (Å²) in [7, 11) is 1.11. The second-order valence-corrected chi connectivity index (χ2v) is 3.25. The van der Waals surface area contributed by atoms with Crippen molar-refractivity contribution in [2.75, 3.05) is 7.11 Å². The molecule has 18 heavy (non-hydrogen) atoms. The molecule has 0 aromatic carbocycles. The van der Waals surface area contributed by atoms with E-state index >= 15 is 0 Å². The fraction of sp³-hybridized carbons (Fsp3) is 0.333. The Balaban J connectivity index is 3.39. The van der Waals surface area contributed by atoms with Crippen LogP contribution < -0.4 is 9.47 Å². The van der Waals surface area contributed by atoms with Gasteiger partial charge in [0.2, 0.25) is 5.88 Å². The molecule has 5 nitrogen and oxygen atoms in total. The Morgan fingerprint density at radius 1 is 1.56 bits per heavy atom. The van der Waals surface area contributed by atoms with E-state index in [1.807, 2.05) is 0 Å². The number of ether oxygens (including phenoxy) is 2. The zero-order valence-electron chi connectivity index (χ0n) is 8.92. The molecule has 100 valence electrons. The van der Waals surface area contributed by atoms with Gasteiger partial charge in [-0.3, -0.25) is 0 Å². The number of methoxy groups -OCH3 is 1. The van der Waals surface area contributed by atoms with Crippen LogP contribution in [0, 0.1) is 0 Å². The number of alkyl halides is 4. The molecular formula is C9H7ClF3NO4. The molecule has 1 heterocycles. The molecule has 0 saturated heterocycles. The number of halogens is 4. The Kier molecular flexibility index (Phi) is 4.23. The highest BCUT2D eigenvalue weighted by atomic mass is 35.5. The van der Waals surface area contributed by atoms with Gasteiger partial charge in [0.05, 0.1) is 18.7 Å². The minimum Gasteiger partial charge on any atom is -0.496 e. The quantitative estimate of drug-likeness (QED) is 0.861. The van der Waals surface area contributed by atoms with Gasteiger partial charge in [-0.1, -0.05) is 0 Å². The predicted molar refractivity (Wildman–Crippen MR) is 54.0 cm³/mol. The highest BCUT2D eigenvalue weighted by Crippen LogP contribution is 2.32. The molecule has 1 N–H and O–H groups in total. The molecule has 0 saturated carbocycles. The smallest absolute Gasteiger partial charge is 0.496 e. The van der Waals surface area contributed by atoms with Crippen molar-refractivity contribution in [2.45, 2.75) is 12.2 Å². The van der Waals surface area contributed by atoms with Gasteiger partial charge >= 0.3 is 12.3 Å². The summed E-state index contributed by atoms with van der Waals surface area (Å²) in [5.41, 5.74) is -0.818. The van der Waals surface area contributed by atoms with E-state index in [0.717, 1.165) is 13.2 Å². The Labute approximate surface area is 104 Å². The minimum absolute atomic E-state index is 0.00207. The minimum atomic E-state index is -5.06. The maximum atomic E-state index is 12.1. The summed E-state index contributed by atoms with van der Waals surface area (Å²) in [6.07, 6.45) is -5.06. The third-order valence-electron chi connectivity index (χ3n) is 1.79. The van der Waals surface area contributed by atoms with Crippen LogP contribution in [0.3, 0.4) is 0 Å². The molecule has 1 rings (SSSR count). The first kappa shape index (κ1) is 14.4. The van der Waals surface area contributed by atoms with Gasteiger partial charge in [-0.25, -0.2) is 9.78 Å². The molecule has 1 aromatic heterocycles. The summed E-state index contributed by atoms with van der Waals surface area (Å²) >= 11 is 5.43. The molecule has 0 fully saturated rings. The van der Waals surface area contributed by atoms with Crippen LogP contribution in [0.15, 0.2) is 6.07 Å². The number of hydrogen-bond donors (Lipinski definition) is 1. The number of hydrogen-bond acceptors (Lipinski definition) is 4. The lowest BCUT2D eigenvalue weighted by Crippen LogP contribution is -2.20. The lowest BCUT2D eigenvalue weighted by Gasteiger charge is -2.13. The van der Waals surface area contributed by atoms with Crippen LogP contribution in [-0.4, -0.2) is 29.5 Å². The van der Waals surface area contributed by atoms with Crippen LogP contribution >= 0.6 is 11.6 Å². The van der Waals surface area contributed by atoms with E-state index in [9.17, 15) is 18.0 Å². The zero-order valence-corrected chi connectivity index (χ0v) is 9.67. The summed E-state index contributed by atoms with van der Waals surface area (Å²) in [5.74, 6) is -3.29. The van der Waals surface area contributed by atoms with E-state index in [0.29, 0.717) is 0 Å². The van der Waals surface area contributed by atoms with Gasteiger partial charge in [-0.05, 0) is 0 Å². The predicted octanol–water partition coefficient (Wildman–Crippen LogP) is 2.43. The van der Waals surface area contributed by atoms with Gasteiger partial charge in [0.15, 0.2) is 5.56 Å². The second-order valence-electron chi connectivity index (χ2n) is 2.98. The third-order valence-corrected chi connectivity index (χ3v) is 2.06. The first-order chi connectivity index (χ1) is 8.28. The lowest BCUT2D eigenvalue weighted by atomic mass is 10.2. The third kappa shape index (κ3) is 3.39. The first-order valence-electron chi connectivity index (χ1n) is 4.41. The fourth-order valence-electron chi connectivity index (χ4n) is 1.16. The van der Waals surface area contributed by atoms with Crippen LogP contribution in [0.25, 0.3) is 0 Å². The van der Waals surface area contributed by atoms with Crippen molar-refractivity contribution in [1.29, 1.82) is 0 Å². The van der Waals surface area contributed by atoms with Gasteiger partial charge < -0.3 is 14.6 Å². The van der Waals surface area contributed by atoms with E-state index in [2.05, 4.69) is 14.5 Å². The molecule has 0 unspecified atom stereocenters. The van der Waals surface area contributed by atoms with E-state index in [1.54, 1.807) is 0 Å². The highest BCUT2D eigenvalue weighted by molar-refractivity contribution is 6.17. The molecule has 1 aromatic rings. The van der Waals surface area contributed by atoms with Crippen molar-refractivity contribution >= 4 is 17.6 Å². The van der Waals surface area contributed by atoms with Crippen LogP contribution in [-0.2, 0) is 5.88 Å². The van der Waals surface area contributed by atoms with Gasteiger partial charge in [-0.15, -0.1) is 24.8 Å². The number of pyridine rings is 1. The molecule has 0 atom stereocenters. The molecule has 0 aliphatic rings. The van der Waals surface area contributed by atoms with E-state index < -0.39 is 23.8 Å². The fourth-order valence-corrected chi connectivity index (χ4v) is 1.29. The summed E-state index contributed by atoms with van der Waals surface area (Å²) in [5, 5.41) is 8.84. The van der Waals surface area contributed by atoms with Crippen molar-refractivity contribution in [3.63, 3.8) is 0 Å². The number of aromatic carboxylic acids is 1. The number of carboxylic acids is 1. The average molecular weight is 286 g/mol. The Hall–Kier alpha value is -1.70. The van der Waals surface area contributed by atoms with Gasteiger partial charge in [-0.2, -0.15) is 0 Å². The van der Waals surface area contributed by atoms with Crippen molar-refractivity contribution in [1.82, 2.24) is 4.98 Å². The topological polar surface area (TPSA) is 68.7 Å². The molecule has 0 aliphatic heterocycles. The van der Waals surface area contributed by atoms with Crippen molar-refractivity contribution < 1.29 is 32.5 Å². The number of carbonyl (C=O) groups is 1. The monoisotopic (exact) mass is 285 g/mol. The van der Waals surface area contributed by atoms with Crippen molar-refractivity contribution in [3.8, 4) is 11.6 Å². The van der Waals surface area contributed by atoms with Gasteiger partial charge in [0.1, 0.15) is 5.75 Å². The van der Waals surface area contributed by atoms with Crippen LogP contribution in [0.1, 0.15) is 16.1 Å². The maximum absolute atomic E-state index is 12.1. The zero-order chi connectivity index (χ0) is 13.9. The molecule has 0 amide bonds. The molecule has 0 spiro atoms. The SMILES string of the molecule is COc1cc(CCl)nc(OC(F)(F)F)c1C(=O)O. The number of aromatic nitrogens is 1. The molecule has 0 aliphatic carbocycles. The Morgan fingerprint density at radius 3 is 2.56 bits per heavy atom. The first-order valence-corrected chi connectivity index (χ1v) is 4.95. The number of nitrogens with zero attached hydrogens (tertiary/aromatic N) is 1. The van der Waals surface area contributed by atoms with Gasteiger partial charge in [0, 0.05) is 6.07 Å². The molecule has 9 heteroatoms. The largest absolute Gasteiger partial charge is 0.574 e. The van der Waals surface area contributed by atoms with Crippen molar-refractivity contribution in [3.05, 3.63) is 17.3 Å². The van der Waals surface area contributed by atoms with Crippen LogP contribution in [0.2, 0.25) is 0 Å². The molecule has 0 radical (unpaired) electrons. The standard InChI is InChI=1S/C9H7ClF3NO4/c1-17-5-2-4(3-10)14-7(6(5)8(15)16)18-9(11,12)13/h2H,3H2,1H3,(H,15,16). The highest BCUT2D eigenvalue weighted by Gasteiger charge is 2.35. The van der Waals surface area contributed by atoms with Gasteiger partial charge in [0.25, 0.3) is 0 Å². The average Bonchev–Trinajstić information content (AvgIpc) is 2.25. The summed E-state index contributed by atoms with van der Waals surface area (Å²) < 4.78 is 44.6. The van der Waals surface area contributed by atoms with E-state index in [-0.39, 0.29) is 17.3 Å². The number of carboxylic acid groups (broad SMARTS) is 1. The van der Waals surface area contributed by atoms with E-state index in [1.165, 1.54) is 0 Å². The molecular weight excluding hydrogens is 279 g/mol. The Morgan fingerprint density at radius 2 is 2.17 bits per heavy atom. The Bertz CT molecular complexity index is 464. The maximum Gasteiger partial charge on any atom is 0.574 e. The van der Waals surface area contributed by atoms with Crippen LogP contribution in [0.4, 0.5) is 13.2 Å². The van der Waals surface area contributed by atoms with Crippen molar-refractivity contribution in [2.24, 2.45) is 0 Å².